The first-order chi connectivity index (χ1) is 8.22. The topological polar surface area (TPSA) is 77.0 Å². The minimum atomic E-state index is -1.27. The first kappa shape index (κ1) is 11.1. The molecule has 0 spiro atoms. The fourth-order valence-corrected chi connectivity index (χ4v) is 1.36. The highest BCUT2D eigenvalue weighted by molar-refractivity contribution is 6.12. The van der Waals surface area contributed by atoms with E-state index < -0.39 is 17.9 Å². The lowest BCUT2D eigenvalue weighted by Crippen LogP contribution is -2.46. The van der Waals surface area contributed by atoms with Gasteiger partial charge in [0, 0.05) is 0 Å². The van der Waals surface area contributed by atoms with Gasteiger partial charge < -0.3 is 14.8 Å². The minimum Gasteiger partial charge on any atom is -0.493 e. The van der Waals surface area contributed by atoms with Crippen molar-refractivity contribution in [3.05, 3.63) is 24.3 Å². The summed E-state index contributed by atoms with van der Waals surface area (Å²) in [5.74, 6) is -0.418. The molecular formula is C11H10N2O4. The molecule has 2 rings (SSSR count). The maximum absolute atomic E-state index is 11.4. The van der Waals surface area contributed by atoms with Gasteiger partial charge in [-0.3, -0.25) is 9.59 Å². The number of benzene rings is 1. The monoisotopic (exact) mass is 234 g/mol. The number of nitrogens with one attached hydrogen (secondary N) is 1. The summed E-state index contributed by atoms with van der Waals surface area (Å²) < 4.78 is 10.4. The molecule has 6 nitrogen and oxygen atoms in total. The van der Waals surface area contributed by atoms with E-state index in [0.29, 0.717) is 11.5 Å². The Morgan fingerprint density at radius 1 is 1.24 bits per heavy atom. The summed E-state index contributed by atoms with van der Waals surface area (Å²) in [5, 5.41) is 2.30. The van der Waals surface area contributed by atoms with Gasteiger partial charge in [-0.1, -0.05) is 12.1 Å². The zero-order chi connectivity index (χ0) is 12.3. The van der Waals surface area contributed by atoms with E-state index in [9.17, 15) is 9.59 Å². The number of carbonyl (C=O) groups is 2. The van der Waals surface area contributed by atoms with Crippen molar-refractivity contribution >= 4 is 18.2 Å². The molecule has 6 heteroatoms. The molecular weight excluding hydrogens is 224 g/mol. The predicted molar refractivity (Wildman–Crippen MR) is 59.1 cm³/mol. The van der Waals surface area contributed by atoms with Crippen molar-refractivity contribution in [1.29, 1.82) is 0 Å². The third-order valence-electron chi connectivity index (χ3n) is 2.17. The number of amides is 2. The average Bonchev–Trinajstić information content (AvgIpc) is 2.34. The highest BCUT2D eigenvalue weighted by atomic mass is 16.5. The molecule has 0 saturated heterocycles. The SMILES string of the molecule is COc1ccccc1O[C@@H]1C(=O)N=CNC1=O. The van der Waals surface area contributed by atoms with Crippen molar-refractivity contribution in [3.63, 3.8) is 0 Å². The molecule has 1 aromatic carbocycles. The summed E-state index contributed by atoms with van der Waals surface area (Å²) in [4.78, 5) is 26.3. The van der Waals surface area contributed by atoms with Gasteiger partial charge in [-0.15, -0.1) is 0 Å². The molecule has 0 bridgehead atoms. The fourth-order valence-electron chi connectivity index (χ4n) is 1.36. The first-order valence-electron chi connectivity index (χ1n) is 4.89. The van der Waals surface area contributed by atoms with E-state index >= 15 is 0 Å². The van der Waals surface area contributed by atoms with E-state index in [1.807, 2.05) is 0 Å². The lowest BCUT2D eigenvalue weighted by Gasteiger charge is -2.18. The van der Waals surface area contributed by atoms with Crippen LogP contribution in [0.4, 0.5) is 0 Å². The van der Waals surface area contributed by atoms with E-state index in [1.54, 1.807) is 24.3 Å². The number of para-hydroxylation sites is 2. The Bertz CT molecular complexity index is 484. The van der Waals surface area contributed by atoms with Gasteiger partial charge in [0.15, 0.2) is 11.5 Å². The molecule has 0 unspecified atom stereocenters. The van der Waals surface area contributed by atoms with Crippen LogP contribution in [-0.4, -0.2) is 31.4 Å². The number of ether oxygens (including phenoxy) is 2. The third kappa shape index (κ3) is 2.25. The predicted octanol–water partition coefficient (Wildman–Crippen LogP) is 0.127. The third-order valence-corrected chi connectivity index (χ3v) is 2.17. The van der Waals surface area contributed by atoms with Gasteiger partial charge in [0.2, 0.25) is 0 Å². The standard InChI is InChI=1S/C11H10N2O4/c1-16-7-4-2-3-5-8(7)17-9-10(14)12-6-13-11(9)15/h2-6,9H,1H3,(H,12,13,14,15). The number of carbonyl (C=O) groups excluding carboxylic acids is 2. The Balaban J connectivity index is 2.23. The Labute approximate surface area is 97.2 Å². The highest BCUT2D eigenvalue weighted by Crippen LogP contribution is 2.27. The van der Waals surface area contributed by atoms with E-state index in [4.69, 9.17) is 9.47 Å². The van der Waals surface area contributed by atoms with Crippen LogP contribution < -0.4 is 14.8 Å². The van der Waals surface area contributed by atoms with Crippen LogP contribution in [0.5, 0.6) is 11.5 Å². The number of methoxy groups -OCH3 is 1. The zero-order valence-electron chi connectivity index (χ0n) is 9.04. The smallest absolute Gasteiger partial charge is 0.298 e. The molecule has 17 heavy (non-hydrogen) atoms. The van der Waals surface area contributed by atoms with Gasteiger partial charge in [0.1, 0.15) is 0 Å². The van der Waals surface area contributed by atoms with Crippen molar-refractivity contribution in [3.8, 4) is 11.5 Å². The van der Waals surface area contributed by atoms with Gasteiger partial charge in [-0.2, -0.15) is 4.99 Å². The van der Waals surface area contributed by atoms with Crippen LogP contribution in [0, 0.1) is 0 Å². The Morgan fingerprint density at radius 3 is 2.59 bits per heavy atom. The van der Waals surface area contributed by atoms with Gasteiger partial charge in [-0.05, 0) is 12.1 Å². The van der Waals surface area contributed by atoms with E-state index in [2.05, 4.69) is 10.3 Å². The number of hydrogen-bond acceptors (Lipinski definition) is 4. The van der Waals surface area contributed by atoms with Crippen LogP contribution in [0.25, 0.3) is 0 Å². The zero-order valence-corrected chi connectivity index (χ0v) is 9.04. The minimum absolute atomic E-state index is 0.320. The summed E-state index contributed by atoms with van der Waals surface area (Å²) in [6.45, 7) is 0. The molecule has 2 amide bonds. The Morgan fingerprint density at radius 2 is 1.94 bits per heavy atom. The molecule has 1 aromatic rings. The maximum Gasteiger partial charge on any atom is 0.298 e. The molecule has 0 aromatic heterocycles. The van der Waals surface area contributed by atoms with Crippen LogP contribution in [0.2, 0.25) is 0 Å². The molecule has 1 aliphatic rings. The van der Waals surface area contributed by atoms with Crippen LogP contribution in [0.15, 0.2) is 29.3 Å². The van der Waals surface area contributed by atoms with E-state index in [-0.39, 0.29) is 0 Å². The van der Waals surface area contributed by atoms with Crippen molar-refractivity contribution in [2.45, 2.75) is 6.10 Å². The summed E-state index contributed by atoms with van der Waals surface area (Å²) in [7, 11) is 1.48. The highest BCUT2D eigenvalue weighted by Gasteiger charge is 2.31. The van der Waals surface area contributed by atoms with E-state index in [1.165, 1.54) is 7.11 Å². The molecule has 1 aliphatic heterocycles. The molecule has 0 radical (unpaired) electrons. The van der Waals surface area contributed by atoms with Gasteiger partial charge in [-0.25, -0.2) is 0 Å². The molecule has 1 heterocycles. The van der Waals surface area contributed by atoms with Crippen molar-refractivity contribution in [2.24, 2.45) is 4.99 Å². The van der Waals surface area contributed by atoms with Gasteiger partial charge in [0.05, 0.1) is 13.4 Å². The average molecular weight is 234 g/mol. The van der Waals surface area contributed by atoms with Crippen LogP contribution in [-0.2, 0) is 9.59 Å². The fraction of sp³-hybridized carbons (Fsp3) is 0.182. The van der Waals surface area contributed by atoms with Crippen LogP contribution in [0.1, 0.15) is 0 Å². The Hall–Kier alpha value is -2.37. The second-order valence-corrected chi connectivity index (χ2v) is 3.25. The molecule has 1 N–H and O–H groups in total. The maximum atomic E-state index is 11.4. The first-order valence-corrected chi connectivity index (χ1v) is 4.89. The van der Waals surface area contributed by atoms with Gasteiger partial charge >= 0.3 is 0 Å². The molecule has 0 saturated carbocycles. The quantitative estimate of drug-likeness (QED) is 0.754. The summed E-state index contributed by atoms with van der Waals surface area (Å²) in [6, 6.07) is 6.75. The number of nitrogens with zero attached hydrogens (tertiary/aromatic N) is 1. The normalized spacial score (nSPS) is 18.8. The van der Waals surface area contributed by atoms with Crippen molar-refractivity contribution in [2.75, 3.05) is 7.11 Å². The lowest BCUT2D eigenvalue weighted by atomic mass is 10.2. The summed E-state index contributed by atoms with van der Waals surface area (Å²) >= 11 is 0. The molecule has 0 fully saturated rings. The van der Waals surface area contributed by atoms with Crippen molar-refractivity contribution < 1.29 is 19.1 Å². The largest absolute Gasteiger partial charge is 0.493 e. The van der Waals surface area contributed by atoms with Crippen molar-refractivity contribution in [1.82, 2.24) is 5.32 Å². The van der Waals surface area contributed by atoms with Gasteiger partial charge in [0.25, 0.3) is 17.9 Å². The Kier molecular flexibility index (Phi) is 3.04. The molecule has 1 atom stereocenters. The molecule has 88 valence electrons. The number of hydrogen-bond donors (Lipinski definition) is 1. The second-order valence-electron chi connectivity index (χ2n) is 3.25. The second kappa shape index (κ2) is 4.65. The van der Waals surface area contributed by atoms with E-state index in [0.717, 1.165) is 6.34 Å². The van der Waals surface area contributed by atoms with Crippen LogP contribution >= 0.6 is 0 Å². The molecule has 0 aliphatic carbocycles. The number of rotatable bonds is 3. The summed E-state index contributed by atoms with van der Waals surface area (Å²) in [6.07, 6.45) is -0.219. The number of aliphatic imine (C=N–C) groups is 1. The van der Waals surface area contributed by atoms with Crippen LogP contribution in [0.3, 0.4) is 0 Å². The summed E-state index contributed by atoms with van der Waals surface area (Å²) in [5.41, 5.74) is 0. The lowest BCUT2D eigenvalue weighted by molar-refractivity contribution is -0.137.